The Kier molecular flexibility index (Phi) is 7.66. The maximum absolute atomic E-state index is 11.8. The second kappa shape index (κ2) is 9.25. The first-order chi connectivity index (χ1) is 10.5. The molecule has 0 aliphatic heterocycles. The van der Waals surface area contributed by atoms with E-state index in [9.17, 15) is 4.79 Å². The Morgan fingerprint density at radius 2 is 1.91 bits per heavy atom. The number of nitrogens with one attached hydrogen (secondary N) is 2. The van der Waals surface area contributed by atoms with Crippen LogP contribution in [0.3, 0.4) is 0 Å². The van der Waals surface area contributed by atoms with E-state index in [1.54, 1.807) is 0 Å². The maximum Gasteiger partial charge on any atom is 0.239 e. The topological polar surface area (TPSA) is 53.6 Å². The van der Waals surface area contributed by atoms with E-state index in [-0.39, 0.29) is 18.5 Å². The highest BCUT2D eigenvalue weighted by Gasteiger charge is 2.13. The van der Waals surface area contributed by atoms with Crippen LogP contribution < -0.4 is 15.4 Å². The first kappa shape index (κ1) is 18.2. The first-order valence-corrected chi connectivity index (χ1v) is 7.95. The fraction of sp³-hybridized carbons (Fsp3) is 0.500. The van der Waals surface area contributed by atoms with E-state index in [2.05, 4.69) is 10.6 Å². The van der Waals surface area contributed by atoms with Crippen LogP contribution in [0.5, 0.6) is 5.75 Å². The predicted molar refractivity (Wildman–Crippen MR) is 94.4 cm³/mol. The van der Waals surface area contributed by atoms with Crippen molar-refractivity contribution in [3.8, 4) is 5.75 Å². The number of ether oxygens (including phenoxy) is 1. The van der Waals surface area contributed by atoms with Crippen molar-refractivity contribution in [1.82, 2.24) is 10.2 Å². The summed E-state index contributed by atoms with van der Waals surface area (Å²) < 4.78 is 5.40. The fourth-order valence-corrected chi connectivity index (χ4v) is 2.18. The molecule has 0 bridgehead atoms. The number of anilines is 1. The summed E-state index contributed by atoms with van der Waals surface area (Å²) in [6.45, 7) is 9.33. The molecule has 1 rings (SSSR count). The van der Waals surface area contributed by atoms with Gasteiger partial charge in [-0.2, -0.15) is 0 Å². The third-order valence-electron chi connectivity index (χ3n) is 2.87. The highest BCUT2D eigenvalue weighted by atomic mass is 32.1. The van der Waals surface area contributed by atoms with Crippen molar-refractivity contribution in [3.05, 3.63) is 24.3 Å². The Morgan fingerprint density at radius 1 is 1.27 bits per heavy atom. The molecule has 0 aliphatic rings. The summed E-state index contributed by atoms with van der Waals surface area (Å²) in [7, 11) is 0. The highest BCUT2D eigenvalue weighted by Crippen LogP contribution is 2.16. The lowest BCUT2D eigenvalue weighted by Crippen LogP contribution is -2.44. The molecular formula is C16H25N3O2S. The number of carbonyl (C=O) groups is 1. The SMILES string of the molecule is CCOc1ccc(NC(=S)N(CC)CC(=O)NC(C)C)cc1. The average molecular weight is 323 g/mol. The molecule has 0 radical (unpaired) electrons. The maximum atomic E-state index is 11.8. The van der Waals surface area contributed by atoms with Crippen molar-refractivity contribution < 1.29 is 9.53 Å². The lowest BCUT2D eigenvalue weighted by atomic mass is 10.3. The van der Waals surface area contributed by atoms with E-state index in [0.29, 0.717) is 18.3 Å². The third-order valence-corrected chi connectivity index (χ3v) is 3.23. The number of rotatable bonds is 7. The highest BCUT2D eigenvalue weighted by molar-refractivity contribution is 7.80. The number of amides is 1. The molecule has 1 amide bonds. The predicted octanol–water partition coefficient (Wildman–Crippen LogP) is 2.63. The van der Waals surface area contributed by atoms with Gasteiger partial charge < -0.3 is 20.3 Å². The monoisotopic (exact) mass is 323 g/mol. The van der Waals surface area contributed by atoms with E-state index in [1.807, 2.05) is 56.9 Å². The average Bonchev–Trinajstić information content (AvgIpc) is 2.46. The summed E-state index contributed by atoms with van der Waals surface area (Å²) in [5.41, 5.74) is 0.871. The van der Waals surface area contributed by atoms with Gasteiger partial charge >= 0.3 is 0 Å². The van der Waals surface area contributed by atoms with E-state index < -0.39 is 0 Å². The van der Waals surface area contributed by atoms with Gasteiger partial charge in [0, 0.05) is 18.3 Å². The van der Waals surface area contributed by atoms with Crippen molar-refractivity contribution >= 4 is 28.9 Å². The molecule has 1 aromatic carbocycles. The quantitative estimate of drug-likeness (QED) is 0.756. The Labute approximate surface area is 138 Å². The van der Waals surface area contributed by atoms with Crippen molar-refractivity contribution in [2.75, 3.05) is 25.0 Å². The smallest absolute Gasteiger partial charge is 0.239 e. The van der Waals surface area contributed by atoms with Crippen molar-refractivity contribution in [2.24, 2.45) is 0 Å². The van der Waals surface area contributed by atoms with Gasteiger partial charge in [-0.3, -0.25) is 4.79 Å². The van der Waals surface area contributed by atoms with Crippen LogP contribution in [0.25, 0.3) is 0 Å². The molecule has 122 valence electrons. The Hall–Kier alpha value is -1.82. The lowest BCUT2D eigenvalue weighted by molar-refractivity contribution is -0.121. The Bertz CT molecular complexity index is 489. The zero-order chi connectivity index (χ0) is 16.5. The lowest BCUT2D eigenvalue weighted by Gasteiger charge is -2.24. The van der Waals surface area contributed by atoms with Gasteiger partial charge in [0.05, 0.1) is 13.2 Å². The molecule has 0 saturated carbocycles. The van der Waals surface area contributed by atoms with Crippen LogP contribution in [0.15, 0.2) is 24.3 Å². The zero-order valence-electron chi connectivity index (χ0n) is 13.7. The van der Waals surface area contributed by atoms with Gasteiger partial charge in [0.15, 0.2) is 5.11 Å². The number of carbonyl (C=O) groups excluding carboxylic acids is 1. The summed E-state index contributed by atoms with van der Waals surface area (Å²) in [4.78, 5) is 13.7. The second-order valence-electron chi connectivity index (χ2n) is 5.12. The Morgan fingerprint density at radius 3 is 2.41 bits per heavy atom. The van der Waals surface area contributed by atoms with Crippen LogP contribution in [-0.4, -0.2) is 41.7 Å². The molecule has 0 aliphatic carbocycles. The molecule has 22 heavy (non-hydrogen) atoms. The largest absolute Gasteiger partial charge is 0.494 e. The molecule has 2 N–H and O–H groups in total. The Balaban J connectivity index is 2.58. The second-order valence-corrected chi connectivity index (χ2v) is 5.51. The minimum absolute atomic E-state index is 0.0345. The molecule has 0 aromatic heterocycles. The first-order valence-electron chi connectivity index (χ1n) is 7.54. The number of thiocarbonyl (C=S) groups is 1. The summed E-state index contributed by atoms with van der Waals surface area (Å²) >= 11 is 5.38. The number of nitrogens with zero attached hydrogens (tertiary/aromatic N) is 1. The minimum Gasteiger partial charge on any atom is -0.494 e. The van der Waals surface area contributed by atoms with Crippen LogP contribution in [-0.2, 0) is 4.79 Å². The molecule has 5 nitrogen and oxygen atoms in total. The van der Waals surface area contributed by atoms with E-state index in [1.165, 1.54) is 0 Å². The number of benzene rings is 1. The van der Waals surface area contributed by atoms with Crippen molar-refractivity contribution in [2.45, 2.75) is 33.7 Å². The number of likely N-dealkylation sites (N-methyl/N-ethyl adjacent to an activating group) is 1. The van der Waals surface area contributed by atoms with E-state index in [0.717, 1.165) is 11.4 Å². The molecule has 0 heterocycles. The molecule has 0 spiro atoms. The summed E-state index contributed by atoms with van der Waals surface area (Å²) in [6.07, 6.45) is 0. The zero-order valence-corrected chi connectivity index (χ0v) is 14.5. The van der Waals surface area contributed by atoms with Crippen molar-refractivity contribution in [3.63, 3.8) is 0 Å². The summed E-state index contributed by atoms with van der Waals surface area (Å²) in [5, 5.41) is 6.54. The molecule has 6 heteroatoms. The van der Waals surface area contributed by atoms with Gasteiger partial charge in [0.2, 0.25) is 5.91 Å². The van der Waals surface area contributed by atoms with Crippen LogP contribution in [0, 0.1) is 0 Å². The van der Waals surface area contributed by atoms with Gasteiger partial charge in [-0.15, -0.1) is 0 Å². The van der Waals surface area contributed by atoms with Gasteiger partial charge in [0.1, 0.15) is 5.75 Å². The normalized spacial score (nSPS) is 10.2. The third kappa shape index (κ3) is 6.30. The standard InChI is InChI=1S/C16H25N3O2S/c1-5-19(11-15(20)17-12(3)4)16(22)18-13-7-9-14(10-8-13)21-6-2/h7-10,12H,5-6,11H2,1-4H3,(H,17,20)(H,18,22). The van der Waals surface area contributed by atoms with Crippen LogP contribution >= 0.6 is 12.2 Å². The number of hydrogen-bond donors (Lipinski definition) is 2. The van der Waals surface area contributed by atoms with Crippen LogP contribution in [0.4, 0.5) is 5.69 Å². The molecule has 0 atom stereocenters. The van der Waals surface area contributed by atoms with Gasteiger partial charge in [-0.05, 0) is 64.2 Å². The van der Waals surface area contributed by atoms with Crippen molar-refractivity contribution in [1.29, 1.82) is 0 Å². The molecular weight excluding hydrogens is 298 g/mol. The van der Waals surface area contributed by atoms with Crippen LogP contribution in [0.1, 0.15) is 27.7 Å². The van der Waals surface area contributed by atoms with Gasteiger partial charge in [-0.1, -0.05) is 0 Å². The fourth-order valence-electron chi connectivity index (χ4n) is 1.87. The summed E-state index contributed by atoms with van der Waals surface area (Å²) in [5.74, 6) is 0.787. The van der Waals surface area contributed by atoms with Gasteiger partial charge in [0.25, 0.3) is 0 Å². The number of hydrogen-bond acceptors (Lipinski definition) is 3. The van der Waals surface area contributed by atoms with E-state index >= 15 is 0 Å². The molecule has 1 aromatic rings. The minimum atomic E-state index is -0.0345. The van der Waals surface area contributed by atoms with Gasteiger partial charge in [-0.25, -0.2) is 0 Å². The molecule has 0 fully saturated rings. The summed E-state index contributed by atoms with van der Waals surface area (Å²) in [6, 6.07) is 7.70. The molecule has 0 unspecified atom stereocenters. The molecule has 0 saturated heterocycles. The van der Waals surface area contributed by atoms with E-state index in [4.69, 9.17) is 17.0 Å². The van der Waals surface area contributed by atoms with Crippen LogP contribution in [0.2, 0.25) is 0 Å².